The largest absolute Gasteiger partial charge is 0.494 e. The van der Waals surface area contributed by atoms with Gasteiger partial charge in [-0.2, -0.15) is 0 Å². The molecule has 1 aliphatic heterocycles. The average molecular weight is 278 g/mol. The standard InChI is InChI=1S/C16H23FN2O/c1-16(12-4-5-12)11-19(9-3-8-18-16)13-6-7-14(17)15(10-13)20-2/h6-7,10,12,18H,3-5,8-9,11H2,1-2H3. The van der Waals surface area contributed by atoms with Crippen molar-refractivity contribution in [3.05, 3.63) is 24.0 Å². The Morgan fingerprint density at radius 1 is 1.40 bits per heavy atom. The summed E-state index contributed by atoms with van der Waals surface area (Å²) in [6.07, 6.45) is 3.76. The fraction of sp³-hybridized carbons (Fsp3) is 0.625. The van der Waals surface area contributed by atoms with Crippen molar-refractivity contribution < 1.29 is 9.13 Å². The summed E-state index contributed by atoms with van der Waals surface area (Å²) in [5, 5.41) is 3.71. The molecule has 1 aromatic carbocycles. The lowest BCUT2D eigenvalue weighted by Crippen LogP contribution is -2.51. The second kappa shape index (κ2) is 5.24. The highest BCUT2D eigenvalue weighted by atomic mass is 19.1. The molecule has 0 radical (unpaired) electrons. The minimum Gasteiger partial charge on any atom is -0.494 e. The lowest BCUT2D eigenvalue weighted by atomic mass is 9.95. The Balaban J connectivity index is 1.84. The van der Waals surface area contributed by atoms with Crippen LogP contribution in [-0.4, -0.2) is 32.3 Å². The maximum Gasteiger partial charge on any atom is 0.165 e. The molecule has 110 valence electrons. The molecule has 3 nitrogen and oxygen atoms in total. The predicted molar refractivity (Wildman–Crippen MR) is 78.9 cm³/mol. The SMILES string of the molecule is COc1cc(N2CCCNC(C)(C3CC3)C2)ccc1F. The molecule has 0 aromatic heterocycles. The highest BCUT2D eigenvalue weighted by Crippen LogP contribution is 2.41. The molecule has 4 heteroatoms. The first-order chi connectivity index (χ1) is 9.62. The topological polar surface area (TPSA) is 24.5 Å². The van der Waals surface area contributed by atoms with Gasteiger partial charge >= 0.3 is 0 Å². The Labute approximate surface area is 120 Å². The van der Waals surface area contributed by atoms with Gasteiger partial charge in [-0.1, -0.05) is 0 Å². The van der Waals surface area contributed by atoms with E-state index in [-0.39, 0.29) is 11.4 Å². The van der Waals surface area contributed by atoms with E-state index >= 15 is 0 Å². The summed E-state index contributed by atoms with van der Waals surface area (Å²) in [6.45, 7) is 5.36. The third kappa shape index (κ3) is 2.62. The number of methoxy groups -OCH3 is 1. The molecule has 1 aliphatic carbocycles. The fourth-order valence-corrected chi connectivity index (χ4v) is 3.23. The molecule has 2 fully saturated rings. The molecule has 0 amide bonds. The second-order valence-electron chi connectivity index (χ2n) is 6.21. The van der Waals surface area contributed by atoms with Gasteiger partial charge < -0.3 is 15.0 Å². The maximum atomic E-state index is 13.6. The highest BCUT2D eigenvalue weighted by Gasteiger charge is 2.43. The summed E-state index contributed by atoms with van der Waals surface area (Å²) >= 11 is 0. The van der Waals surface area contributed by atoms with E-state index in [1.165, 1.54) is 26.0 Å². The Kier molecular flexibility index (Phi) is 3.59. The number of hydrogen-bond acceptors (Lipinski definition) is 3. The molecule has 1 saturated carbocycles. The Hall–Kier alpha value is -1.29. The van der Waals surface area contributed by atoms with Crippen molar-refractivity contribution in [2.24, 2.45) is 5.92 Å². The first kappa shape index (κ1) is 13.7. The predicted octanol–water partition coefficient (Wildman–Crippen LogP) is 2.80. The van der Waals surface area contributed by atoms with Crippen LogP contribution in [-0.2, 0) is 0 Å². The number of rotatable bonds is 3. The molecule has 1 unspecified atom stereocenters. The molecule has 0 bridgehead atoms. The number of anilines is 1. The van der Waals surface area contributed by atoms with E-state index in [2.05, 4.69) is 17.1 Å². The minimum absolute atomic E-state index is 0.179. The van der Waals surface area contributed by atoms with Crippen LogP contribution in [0.15, 0.2) is 18.2 Å². The maximum absolute atomic E-state index is 13.6. The lowest BCUT2D eigenvalue weighted by Gasteiger charge is -2.35. The Morgan fingerprint density at radius 3 is 2.90 bits per heavy atom. The van der Waals surface area contributed by atoms with Gasteiger partial charge in [0.15, 0.2) is 11.6 Å². The molecule has 1 atom stereocenters. The molecule has 3 rings (SSSR count). The van der Waals surface area contributed by atoms with Gasteiger partial charge in [-0.3, -0.25) is 0 Å². The summed E-state index contributed by atoms with van der Waals surface area (Å²) < 4.78 is 18.7. The number of hydrogen-bond donors (Lipinski definition) is 1. The van der Waals surface area contributed by atoms with E-state index in [0.29, 0.717) is 5.75 Å². The van der Waals surface area contributed by atoms with Crippen molar-refractivity contribution in [2.75, 3.05) is 31.6 Å². The smallest absolute Gasteiger partial charge is 0.165 e. The molecule has 1 saturated heterocycles. The van der Waals surface area contributed by atoms with Gasteiger partial charge in [0.2, 0.25) is 0 Å². The van der Waals surface area contributed by atoms with Gasteiger partial charge in [0.05, 0.1) is 7.11 Å². The first-order valence-electron chi connectivity index (χ1n) is 7.46. The van der Waals surface area contributed by atoms with E-state index in [1.807, 2.05) is 12.1 Å². The van der Waals surface area contributed by atoms with Crippen molar-refractivity contribution in [3.8, 4) is 5.75 Å². The molecule has 1 heterocycles. The van der Waals surface area contributed by atoms with Crippen molar-refractivity contribution in [2.45, 2.75) is 31.7 Å². The van der Waals surface area contributed by atoms with Crippen molar-refractivity contribution in [1.29, 1.82) is 0 Å². The lowest BCUT2D eigenvalue weighted by molar-refractivity contribution is 0.331. The van der Waals surface area contributed by atoms with E-state index < -0.39 is 0 Å². The van der Waals surface area contributed by atoms with Crippen LogP contribution in [0, 0.1) is 11.7 Å². The first-order valence-corrected chi connectivity index (χ1v) is 7.46. The number of nitrogens with zero attached hydrogens (tertiary/aromatic N) is 1. The van der Waals surface area contributed by atoms with Crippen LogP contribution >= 0.6 is 0 Å². The van der Waals surface area contributed by atoms with Gasteiger partial charge in [0, 0.05) is 30.4 Å². The van der Waals surface area contributed by atoms with Gasteiger partial charge in [-0.15, -0.1) is 0 Å². The van der Waals surface area contributed by atoms with Crippen LogP contribution in [0.3, 0.4) is 0 Å². The van der Waals surface area contributed by atoms with E-state index in [9.17, 15) is 4.39 Å². The summed E-state index contributed by atoms with van der Waals surface area (Å²) in [5.41, 5.74) is 1.23. The molecule has 1 N–H and O–H groups in total. The summed E-state index contributed by atoms with van der Waals surface area (Å²) in [4.78, 5) is 2.36. The Morgan fingerprint density at radius 2 is 2.20 bits per heavy atom. The van der Waals surface area contributed by atoms with E-state index in [4.69, 9.17) is 4.74 Å². The van der Waals surface area contributed by atoms with Crippen LogP contribution in [0.5, 0.6) is 5.75 Å². The summed E-state index contributed by atoms with van der Waals surface area (Å²) in [6, 6.07) is 5.17. The van der Waals surface area contributed by atoms with Gasteiger partial charge in [0.25, 0.3) is 0 Å². The van der Waals surface area contributed by atoms with Crippen LogP contribution in [0.25, 0.3) is 0 Å². The number of halogens is 1. The van der Waals surface area contributed by atoms with E-state index in [0.717, 1.165) is 37.7 Å². The van der Waals surface area contributed by atoms with Crippen LogP contribution in [0.4, 0.5) is 10.1 Å². The van der Waals surface area contributed by atoms with Crippen LogP contribution < -0.4 is 15.0 Å². The number of ether oxygens (including phenoxy) is 1. The van der Waals surface area contributed by atoms with Gasteiger partial charge in [-0.05, 0) is 50.8 Å². The second-order valence-corrected chi connectivity index (χ2v) is 6.21. The van der Waals surface area contributed by atoms with E-state index in [1.54, 1.807) is 0 Å². The summed E-state index contributed by atoms with van der Waals surface area (Å²) in [5.74, 6) is 0.812. The van der Waals surface area contributed by atoms with Crippen molar-refractivity contribution >= 4 is 5.69 Å². The van der Waals surface area contributed by atoms with Gasteiger partial charge in [-0.25, -0.2) is 4.39 Å². The molecular formula is C16H23FN2O. The Bertz CT molecular complexity index is 489. The zero-order valence-electron chi connectivity index (χ0n) is 12.3. The third-order valence-electron chi connectivity index (χ3n) is 4.63. The summed E-state index contributed by atoms with van der Waals surface area (Å²) in [7, 11) is 1.51. The van der Waals surface area contributed by atoms with Crippen LogP contribution in [0.1, 0.15) is 26.2 Å². The molecule has 1 aromatic rings. The average Bonchev–Trinajstić information content (AvgIpc) is 3.26. The zero-order valence-corrected chi connectivity index (χ0v) is 12.3. The van der Waals surface area contributed by atoms with Gasteiger partial charge in [0.1, 0.15) is 0 Å². The number of benzene rings is 1. The monoisotopic (exact) mass is 278 g/mol. The normalized spacial score (nSPS) is 27.2. The van der Waals surface area contributed by atoms with Crippen LogP contribution in [0.2, 0.25) is 0 Å². The molecule has 2 aliphatic rings. The molecular weight excluding hydrogens is 255 g/mol. The zero-order chi connectivity index (χ0) is 14.2. The van der Waals surface area contributed by atoms with Crippen molar-refractivity contribution in [1.82, 2.24) is 5.32 Å². The minimum atomic E-state index is -0.297. The number of nitrogens with one attached hydrogen (secondary N) is 1. The highest BCUT2D eigenvalue weighted by molar-refractivity contribution is 5.52. The quantitative estimate of drug-likeness (QED) is 0.920. The molecule has 20 heavy (non-hydrogen) atoms. The third-order valence-corrected chi connectivity index (χ3v) is 4.63. The fourth-order valence-electron chi connectivity index (χ4n) is 3.23. The molecule has 0 spiro atoms. The van der Waals surface area contributed by atoms with Crippen molar-refractivity contribution in [3.63, 3.8) is 0 Å².